The summed E-state index contributed by atoms with van der Waals surface area (Å²) in [4.78, 5) is 13.9. The summed E-state index contributed by atoms with van der Waals surface area (Å²) in [6.45, 7) is 4.50. The molecule has 2 N–H and O–H groups in total. The molecule has 104 valence electrons. The van der Waals surface area contributed by atoms with Crippen LogP contribution >= 0.6 is 0 Å². The first kappa shape index (κ1) is 13.8. The van der Waals surface area contributed by atoms with Crippen LogP contribution in [-0.2, 0) is 9.53 Å². The van der Waals surface area contributed by atoms with Crippen molar-refractivity contribution in [2.75, 3.05) is 33.4 Å². The third kappa shape index (κ3) is 3.02. The number of carbonyl (C=O) groups is 1. The summed E-state index contributed by atoms with van der Waals surface area (Å²) in [5.41, 5.74) is -0.509. The zero-order chi connectivity index (χ0) is 13.2. The smallest absolute Gasteiger partial charge is 0.237 e. The molecule has 0 aromatic carbocycles. The number of ether oxygens (including phenoxy) is 1. The van der Waals surface area contributed by atoms with E-state index < -0.39 is 5.60 Å². The Morgan fingerprint density at radius 1 is 1.56 bits per heavy atom. The summed E-state index contributed by atoms with van der Waals surface area (Å²) in [6, 6.07) is -0.147. The quantitative estimate of drug-likeness (QED) is 0.629. The molecule has 1 aliphatic heterocycles. The maximum atomic E-state index is 11.9. The molecular formula is C13H24N2O3. The van der Waals surface area contributed by atoms with Crippen molar-refractivity contribution in [3.63, 3.8) is 0 Å². The van der Waals surface area contributed by atoms with Crippen LogP contribution in [0.4, 0.5) is 0 Å². The van der Waals surface area contributed by atoms with Crippen LogP contribution in [-0.4, -0.2) is 60.9 Å². The van der Waals surface area contributed by atoms with Crippen LogP contribution in [0.2, 0.25) is 0 Å². The summed E-state index contributed by atoms with van der Waals surface area (Å²) in [7, 11) is 1.66. The topological polar surface area (TPSA) is 61.8 Å². The number of aliphatic hydroxyl groups is 1. The van der Waals surface area contributed by atoms with E-state index in [2.05, 4.69) is 5.32 Å². The van der Waals surface area contributed by atoms with Gasteiger partial charge in [-0.3, -0.25) is 9.69 Å². The van der Waals surface area contributed by atoms with Crippen molar-refractivity contribution in [1.82, 2.24) is 10.2 Å². The number of β-amino-alcohol motifs (C(OH)–C–C–N with tert-alkyl or cyclic N) is 1. The van der Waals surface area contributed by atoms with Gasteiger partial charge in [0.15, 0.2) is 0 Å². The zero-order valence-corrected chi connectivity index (χ0v) is 11.3. The molecule has 2 aliphatic rings. The Balaban J connectivity index is 1.65. The molecule has 2 fully saturated rings. The van der Waals surface area contributed by atoms with E-state index in [-0.39, 0.29) is 11.9 Å². The van der Waals surface area contributed by atoms with Gasteiger partial charge in [-0.1, -0.05) is 0 Å². The van der Waals surface area contributed by atoms with Gasteiger partial charge in [0.25, 0.3) is 0 Å². The predicted octanol–water partition coefficient (Wildman–Crippen LogP) is -0.0157. The summed E-state index contributed by atoms with van der Waals surface area (Å²) < 4.78 is 4.93. The van der Waals surface area contributed by atoms with E-state index in [9.17, 15) is 9.90 Å². The summed E-state index contributed by atoms with van der Waals surface area (Å²) in [5.74, 6) is 0.523. The number of hydrogen-bond acceptors (Lipinski definition) is 4. The second-order valence-corrected chi connectivity index (χ2v) is 5.60. The number of hydrogen-bond donors (Lipinski definition) is 2. The third-order valence-corrected chi connectivity index (χ3v) is 4.04. The van der Waals surface area contributed by atoms with Crippen LogP contribution in [0.3, 0.4) is 0 Å². The van der Waals surface area contributed by atoms with E-state index in [1.165, 1.54) is 0 Å². The summed E-state index contributed by atoms with van der Waals surface area (Å²) in [6.07, 6.45) is 3.12. The van der Waals surface area contributed by atoms with Crippen molar-refractivity contribution in [3.8, 4) is 0 Å². The molecule has 1 saturated heterocycles. The van der Waals surface area contributed by atoms with Gasteiger partial charge in [0.05, 0.1) is 11.6 Å². The molecule has 2 rings (SSSR count). The molecule has 0 aromatic heterocycles. The summed E-state index contributed by atoms with van der Waals surface area (Å²) in [5, 5.41) is 13.1. The lowest BCUT2D eigenvalue weighted by atomic mass is 9.87. The van der Waals surface area contributed by atoms with Crippen molar-refractivity contribution >= 4 is 5.91 Å². The first-order valence-electron chi connectivity index (χ1n) is 6.80. The number of rotatable bonds is 7. The molecule has 1 heterocycles. The molecule has 5 nitrogen and oxygen atoms in total. The number of methoxy groups -OCH3 is 1. The van der Waals surface area contributed by atoms with Crippen molar-refractivity contribution in [2.24, 2.45) is 5.92 Å². The minimum atomic E-state index is -0.509. The lowest BCUT2D eigenvalue weighted by molar-refractivity contribution is -0.147. The molecule has 1 aliphatic carbocycles. The Kier molecular flexibility index (Phi) is 4.25. The SMILES string of the molecule is COCCCNC(=O)C(C)N1CC(O)(C2CC2)C1. The van der Waals surface area contributed by atoms with Crippen molar-refractivity contribution in [1.29, 1.82) is 0 Å². The molecule has 0 bridgehead atoms. The standard InChI is InChI=1S/C13H24N2O3/c1-10(12(16)14-6-3-7-18-2)15-8-13(17,9-15)11-4-5-11/h10-11,17H,3-9H2,1-2H3,(H,14,16). The highest BCUT2D eigenvalue weighted by molar-refractivity contribution is 5.81. The molecule has 5 heteroatoms. The van der Waals surface area contributed by atoms with Gasteiger partial charge in [-0.25, -0.2) is 0 Å². The van der Waals surface area contributed by atoms with E-state index in [1.807, 2.05) is 11.8 Å². The average molecular weight is 256 g/mol. The molecule has 0 spiro atoms. The van der Waals surface area contributed by atoms with Gasteiger partial charge >= 0.3 is 0 Å². The molecule has 1 saturated carbocycles. The lowest BCUT2D eigenvalue weighted by Gasteiger charge is -2.49. The fourth-order valence-corrected chi connectivity index (χ4v) is 2.55. The fraction of sp³-hybridized carbons (Fsp3) is 0.923. The lowest BCUT2D eigenvalue weighted by Crippen LogP contribution is -2.67. The van der Waals surface area contributed by atoms with E-state index in [0.717, 1.165) is 19.3 Å². The Morgan fingerprint density at radius 2 is 2.22 bits per heavy atom. The van der Waals surface area contributed by atoms with E-state index in [4.69, 9.17) is 4.74 Å². The molecule has 0 radical (unpaired) electrons. The number of amides is 1. The van der Waals surface area contributed by atoms with Crippen LogP contribution < -0.4 is 5.32 Å². The number of carbonyl (C=O) groups excluding carboxylic acids is 1. The normalized spacial score (nSPS) is 24.4. The van der Waals surface area contributed by atoms with Crippen molar-refractivity contribution < 1.29 is 14.6 Å². The molecular weight excluding hydrogens is 232 g/mol. The van der Waals surface area contributed by atoms with Crippen LogP contribution in [0.15, 0.2) is 0 Å². The maximum absolute atomic E-state index is 11.9. The third-order valence-electron chi connectivity index (χ3n) is 4.04. The van der Waals surface area contributed by atoms with E-state index in [1.54, 1.807) is 7.11 Å². The second kappa shape index (κ2) is 5.55. The van der Waals surface area contributed by atoms with E-state index >= 15 is 0 Å². The first-order chi connectivity index (χ1) is 8.57. The zero-order valence-electron chi connectivity index (χ0n) is 11.3. The van der Waals surface area contributed by atoms with Gasteiger partial charge in [0, 0.05) is 33.4 Å². The minimum Gasteiger partial charge on any atom is -0.387 e. The highest BCUT2D eigenvalue weighted by atomic mass is 16.5. The van der Waals surface area contributed by atoms with Crippen molar-refractivity contribution in [3.05, 3.63) is 0 Å². The molecule has 1 amide bonds. The number of likely N-dealkylation sites (tertiary alicyclic amines) is 1. The maximum Gasteiger partial charge on any atom is 0.237 e. The second-order valence-electron chi connectivity index (χ2n) is 5.60. The predicted molar refractivity (Wildman–Crippen MR) is 68.2 cm³/mol. The van der Waals surface area contributed by atoms with Crippen LogP contribution in [0.1, 0.15) is 26.2 Å². The molecule has 0 aromatic rings. The minimum absolute atomic E-state index is 0.0453. The highest BCUT2D eigenvalue weighted by Gasteiger charge is 2.53. The number of nitrogens with one attached hydrogen (secondary N) is 1. The van der Waals surface area contributed by atoms with Crippen LogP contribution in [0.5, 0.6) is 0 Å². The Bertz CT molecular complexity index is 299. The van der Waals surface area contributed by atoms with Crippen LogP contribution in [0.25, 0.3) is 0 Å². The fourth-order valence-electron chi connectivity index (χ4n) is 2.55. The van der Waals surface area contributed by atoms with Gasteiger partial charge in [-0.15, -0.1) is 0 Å². The molecule has 1 unspecified atom stereocenters. The van der Waals surface area contributed by atoms with Gasteiger partial charge in [0.2, 0.25) is 5.91 Å². The monoisotopic (exact) mass is 256 g/mol. The number of nitrogens with zero attached hydrogens (tertiary/aromatic N) is 1. The van der Waals surface area contributed by atoms with E-state index in [0.29, 0.717) is 32.2 Å². The summed E-state index contributed by atoms with van der Waals surface area (Å²) >= 11 is 0. The molecule has 1 atom stereocenters. The van der Waals surface area contributed by atoms with Gasteiger partial charge in [-0.05, 0) is 32.1 Å². The van der Waals surface area contributed by atoms with Gasteiger partial charge in [-0.2, -0.15) is 0 Å². The Labute approximate surface area is 108 Å². The van der Waals surface area contributed by atoms with Crippen molar-refractivity contribution in [2.45, 2.75) is 37.8 Å². The Hall–Kier alpha value is -0.650. The largest absolute Gasteiger partial charge is 0.387 e. The molecule has 18 heavy (non-hydrogen) atoms. The average Bonchev–Trinajstić information content (AvgIpc) is 3.13. The highest BCUT2D eigenvalue weighted by Crippen LogP contribution is 2.44. The van der Waals surface area contributed by atoms with Crippen LogP contribution in [0, 0.1) is 5.92 Å². The van der Waals surface area contributed by atoms with Gasteiger partial charge < -0.3 is 15.2 Å². The van der Waals surface area contributed by atoms with Gasteiger partial charge in [0.1, 0.15) is 0 Å². The Morgan fingerprint density at radius 3 is 2.78 bits per heavy atom. The first-order valence-corrected chi connectivity index (χ1v) is 6.80.